The van der Waals surface area contributed by atoms with Gasteiger partial charge >= 0.3 is 12.3 Å². The smallest absolute Gasteiger partial charge is 0.507 e. The van der Waals surface area contributed by atoms with Crippen LogP contribution in [-0.4, -0.2) is 22.5 Å². The molecule has 0 radical (unpaired) electrons. The highest BCUT2D eigenvalue weighted by Crippen LogP contribution is 2.38. The Bertz CT molecular complexity index is 1970. The Morgan fingerprint density at radius 2 is 0.692 bits per heavy atom. The van der Waals surface area contributed by atoms with E-state index in [0.717, 1.165) is 11.1 Å². The maximum Gasteiger partial charge on any atom is 0.514 e. The Labute approximate surface area is 301 Å². The van der Waals surface area contributed by atoms with Gasteiger partial charge in [-0.2, -0.15) is 0 Å². The lowest BCUT2D eigenvalue weighted by Gasteiger charge is -2.19. The minimum Gasteiger partial charge on any atom is -0.507 e. The number of phenolic OH excluding ortho intramolecular Hbond substituents is 2. The molecule has 0 fully saturated rings. The Hall–Kier alpha value is -6.54. The van der Waals surface area contributed by atoms with Crippen LogP contribution in [0.2, 0.25) is 0 Å². The monoisotopic (exact) mass is 692 g/mol. The van der Waals surface area contributed by atoms with E-state index >= 15 is 0 Å². The topological polar surface area (TPSA) is 112 Å². The van der Waals surface area contributed by atoms with Gasteiger partial charge in [-0.3, -0.25) is 0 Å². The number of fused-ring (bicyclic) bond motifs is 8. The molecule has 0 amide bonds. The molecule has 0 atom stereocenters. The molecule has 6 aromatic rings. The van der Waals surface area contributed by atoms with Crippen molar-refractivity contribution in [3.05, 3.63) is 189 Å². The highest BCUT2D eigenvalue weighted by Gasteiger charge is 2.23. The Balaban J connectivity index is 1.26. The number of rotatable bonds is 6. The molecule has 52 heavy (non-hydrogen) atoms. The van der Waals surface area contributed by atoms with Gasteiger partial charge < -0.3 is 29.2 Å². The standard InChI is InChI=1S/C44H36O8/c45-39-31-15-7-17-33(39)25-37-21-10-22-38(42(37)52-44(48)50-28-30-13-5-2-6-14-30)26-34-18-8-16-32(40(34)46)24-36-20-9-19-35(23-31)41(36)51-43(47)49-27-29-11-3-1-4-12-29/h1-22,45-46H,23-28H2. The Morgan fingerprint density at radius 1 is 0.404 bits per heavy atom. The largest absolute Gasteiger partial charge is 0.514 e. The molecule has 2 N–H and O–H groups in total. The van der Waals surface area contributed by atoms with Crippen LogP contribution in [0.5, 0.6) is 23.0 Å². The lowest BCUT2D eigenvalue weighted by Crippen LogP contribution is -2.14. The third kappa shape index (κ3) is 7.92. The fourth-order valence-electron chi connectivity index (χ4n) is 6.43. The second kappa shape index (κ2) is 15.6. The van der Waals surface area contributed by atoms with Crippen LogP contribution in [0.25, 0.3) is 0 Å². The number of ether oxygens (including phenoxy) is 4. The van der Waals surface area contributed by atoms with Crippen molar-refractivity contribution in [1.29, 1.82) is 0 Å². The first-order valence-corrected chi connectivity index (χ1v) is 17.0. The summed E-state index contributed by atoms with van der Waals surface area (Å²) < 4.78 is 22.8. The molecule has 8 bridgehead atoms. The van der Waals surface area contributed by atoms with Gasteiger partial charge in [0.15, 0.2) is 0 Å². The highest BCUT2D eigenvalue weighted by atomic mass is 16.7. The molecule has 7 rings (SSSR count). The van der Waals surface area contributed by atoms with Crippen molar-refractivity contribution >= 4 is 12.3 Å². The van der Waals surface area contributed by atoms with Crippen LogP contribution < -0.4 is 9.47 Å². The molecule has 0 saturated carbocycles. The van der Waals surface area contributed by atoms with Crippen molar-refractivity contribution in [1.82, 2.24) is 0 Å². The molecule has 0 heterocycles. The van der Waals surface area contributed by atoms with Crippen LogP contribution in [0.15, 0.2) is 133 Å². The van der Waals surface area contributed by atoms with Crippen LogP contribution in [0, 0.1) is 0 Å². The molecule has 8 heteroatoms. The first-order valence-electron chi connectivity index (χ1n) is 17.0. The molecule has 1 aliphatic carbocycles. The summed E-state index contributed by atoms with van der Waals surface area (Å²) in [5.41, 5.74) is 6.66. The summed E-state index contributed by atoms with van der Waals surface area (Å²) in [5.74, 6) is 0.751. The minimum atomic E-state index is -0.865. The molecule has 0 spiro atoms. The van der Waals surface area contributed by atoms with Gasteiger partial charge in [0.2, 0.25) is 0 Å². The SMILES string of the molecule is O=C(OCc1ccccc1)Oc1c2cccc1Cc1cccc(c1O)Cc1cccc(c1OC(=O)OCc1ccccc1)Cc1cccc(c1O)C2. The summed E-state index contributed by atoms with van der Waals surface area (Å²) in [7, 11) is 0. The van der Waals surface area contributed by atoms with E-state index in [-0.39, 0.29) is 50.4 Å². The molecule has 6 aromatic carbocycles. The molecule has 1 aliphatic rings. The summed E-state index contributed by atoms with van der Waals surface area (Å²) in [6, 6.07) is 40.7. The van der Waals surface area contributed by atoms with Crippen molar-refractivity contribution < 1.29 is 38.7 Å². The number of aromatic hydroxyl groups is 2. The van der Waals surface area contributed by atoms with Crippen molar-refractivity contribution in [2.45, 2.75) is 38.9 Å². The van der Waals surface area contributed by atoms with Crippen molar-refractivity contribution in [2.75, 3.05) is 0 Å². The maximum absolute atomic E-state index is 13.1. The highest BCUT2D eigenvalue weighted by molar-refractivity contribution is 5.68. The van der Waals surface area contributed by atoms with Crippen LogP contribution in [0.3, 0.4) is 0 Å². The van der Waals surface area contributed by atoms with E-state index in [1.54, 1.807) is 0 Å². The van der Waals surface area contributed by atoms with E-state index in [9.17, 15) is 19.8 Å². The average molecular weight is 693 g/mol. The first-order chi connectivity index (χ1) is 25.4. The van der Waals surface area contributed by atoms with Crippen molar-refractivity contribution in [3.8, 4) is 23.0 Å². The number of carbonyl (C=O) groups excluding carboxylic acids is 2. The number of para-hydroxylation sites is 4. The fourth-order valence-corrected chi connectivity index (χ4v) is 6.43. The molecule has 260 valence electrons. The number of benzene rings is 6. The Kier molecular flexibility index (Phi) is 10.2. The predicted octanol–water partition coefficient (Wildman–Crippen LogP) is 9.21. The fraction of sp³-hybridized carbons (Fsp3) is 0.136. The zero-order valence-electron chi connectivity index (χ0n) is 28.3. The summed E-state index contributed by atoms with van der Waals surface area (Å²) in [4.78, 5) is 26.2. The molecular weight excluding hydrogens is 656 g/mol. The first kappa shape index (κ1) is 33.9. The summed E-state index contributed by atoms with van der Waals surface area (Å²) in [6.45, 7) is 0.0822. The van der Waals surface area contributed by atoms with Gasteiger partial charge in [0.05, 0.1) is 0 Å². The summed E-state index contributed by atoms with van der Waals surface area (Å²) in [6.07, 6.45) is -0.800. The van der Waals surface area contributed by atoms with Gasteiger partial charge in [-0.1, -0.05) is 133 Å². The molecular formula is C44H36O8. The average Bonchev–Trinajstić information content (AvgIpc) is 3.16. The van der Waals surface area contributed by atoms with Crippen molar-refractivity contribution in [3.63, 3.8) is 0 Å². The zero-order chi connectivity index (χ0) is 35.9. The maximum atomic E-state index is 13.1. The van der Waals surface area contributed by atoms with E-state index in [2.05, 4.69) is 0 Å². The number of hydrogen-bond donors (Lipinski definition) is 2. The molecule has 0 unspecified atom stereocenters. The molecule has 0 aromatic heterocycles. The second-order valence-electron chi connectivity index (χ2n) is 12.6. The van der Waals surface area contributed by atoms with Crippen molar-refractivity contribution in [2.24, 2.45) is 0 Å². The van der Waals surface area contributed by atoms with Gasteiger partial charge in [0.25, 0.3) is 0 Å². The quantitative estimate of drug-likeness (QED) is 0.131. The van der Waals surface area contributed by atoms with E-state index in [0.29, 0.717) is 56.0 Å². The lowest BCUT2D eigenvalue weighted by molar-refractivity contribution is 0.0912. The minimum absolute atomic E-state index is 0.0411. The number of carbonyl (C=O) groups is 2. The predicted molar refractivity (Wildman–Crippen MR) is 195 cm³/mol. The zero-order valence-corrected chi connectivity index (χ0v) is 28.3. The van der Waals surface area contributed by atoms with Gasteiger partial charge in [0.1, 0.15) is 36.2 Å². The molecule has 0 aliphatic heterocycles. The number of phenols is 2. The third-order valence-corrected chi connectivity index (χ3v) is 9.06. The molecule has 8 nitrogen and oxygen atoms in total. The third-order valence-electron chi connectivity index (χ3n) is 9.06. The van der Waals surface area contributed by atoms with Gasteiger partial charge in [-0.15, -0.1) is 0 Å². The van der Waals surface area contributed by atoms with Crippen LogP contribution in [0.1, 0.15) is 55.6 Å². The van der Waals surface area contributed by atoms with Gasteiger partial charge in [0, 0.05) is 25.7 Å². The van der Waals surface area contributed by atoms with E-state index in [4.69, 9.17) is 18.9 Å². The van der Waals surface area contributed by atoms with E-state index < -0.39 is 12.3 Å². The lowest BCUT2D eigenvalue weighted by atomic mass is 9.91. The van der Waals surface area contributed by atoms with Crippen LogP contribution in [-0.2, 0) is 48.4 Å². The normalized spacial score (nSPS) is 12.0. The second-order valence-corrected chi connectivity index (χ2v) is 12.6. The van der Waals surface area contributed by atoms with E-state index in [1.807, 2.05) is 133 Å². The van der Waals surface area contributed by atoms with Crippen LogP contribution >= 0.6 is 0 Å². The summed E-state index contributed by atoms with van der Waals surface area (Å²) in [5, 5.41) is 23.3. The Morgan fingerprint density at radius 3 is 1.00 bits per heavy atom. The van der Waals surface area contributed by atoms with Gasteiger partial charge in [-0.25, -0.2) is 9.59 Å². The van der Waals surface area contributed by atoms with Gasteiger partial charge in [-0.05, 0) is 55.6 Å². The van der Waals surface area contributed by atoms with Crippen LogP contribution in [0.4, 0.5) is 9.59 Å². The molecule has 0 saturated heterocycles. The summed E-state index contributed by atoms with van der Waals surface area (Å²) >= 11 is 0. The van der Waals surface area contributed by atoms with E-state index in [1.165, 1.54) is 0 Å². The number of hydrogen-bond acceptors (Lipinski definition) is 8.